The van der Waals surface area contributed by atoms with Crippen molar-refractivity contribution in [1.82, 2.24) is 0 Å². The second kappa shape index (κ2) is 5.87. The van der Waals surface area contributed by atoms with Crippen LogP contribution in [0, 0.1) is 5.92 Å². The minimum atomic E-state index is 0.0268. The summed E-state index contributed by atoms with van der Waals surface area (Å²) in [4.78, 5) is 12.1. The molecule has 3 rings (SSSR count). The van der Waals surface area contributed by atoms with Crippen LogP contribution in [-0.4, -0.2) is 19.1 Å². The number of anilines is 1. The Morgan fingerprint density at radius 2 is 2.05 bits per heavy atom. The molecule has 1 amide bonds. The molecule has 5 heteroatoms. The number of rotatable bonds is 3. The Bertz CT molecular complexity index is 556. The third-order valence-corrected chi connectivity index (χ3v) is 4.12. The van der Waals surface area contributed by atoms with Gasteiger partial charge in [-0.05, 0) is 34.7 Å². The predicted molar refractivity (Wildman–Crippen MR) is 80.2 cm³/mol. The second-order valence-corrected chi connectivity index (χ2v) is 5.85. The molecule has 20 heavy (non-hydrogen) atoms. The van der Waals surface area contributed by atoms with Gasteiger partial charge < -0.3 is 14.8 Å². The molecule has 0 saturated carbocycles. The van der Waals surface area contributed by atoms with Gasteiger partial charge in [-0.1, -0.05) is 12.2 Å². The van der Waals surface area contributed by atoms with Gasteiger partial charge in [0.2, 0.25) is 5.91 Å². The first-order chi connectivity index (χ1) is 9.72. The van der Waals surface area contributed by atoms with Crippen molar-refractivity contribution >= 4 is 27.5 Å². The van der Waals surface area contributed by atoms with Gasteiger partial charge in [-0.3, -0.25) is 4.79 Å². The van der Waals surface area contributed by atoms with Gasteiger partial charge in [-0.25, -0.2) is 0 Å². The Kier molecular flexibility index (Phi) is 3.96. The predicted octanol–water partition coefficient (Wildman–Crippen LogP) is 3.52. The van der Waals surface area contributed by atoms with E-state index in [1.165, 1.54) is 0 Å². The van der Waals surface area contributed by atoms with Crippen LogP contribution in [0.3, 0.4) is 0 Å². The van der Waals surface area contributed by atoms with Crippen molar-refractivity contribution in [3.63, 3.8) is 0 Å². The van der Waals surface area contributed by atoms with Crippen LogP contribution in [0.4, 0.5) is 5.69 Å². The fraction of sp³-hybridized carbons (Fsp3) is 0.400. The van der Waals surface area contributed by atoms with Crippen LogP contribution < -0.4 is 14.8 Å². The van der Waals surface area contributed by atoms with Crippen LogP contribution in [0.5, 0.6) is 11.5 Å². The Hall–Kier alpha value is -1.49. The van der Waals surface area contributed by atoms with Gasteiger partial charge in [0, 0.05) is 23.0 Å². The number of carbonyl (C=O) groups excluding carboxylic acids is 1. The summed E-state index contributed by atoms with van der Waals surface area (Å²) < 4.78 is 11.8. The van der Waals surface area contributed by atoms with Crippen molar-refractivity contribution in [1.29, 1.82) is 0 Å². The lowest BCUT2D eigenvalue weighted by molar-refractivity contribution is -0.116. The van der Waals surface area contributed by atoms with Crippen LogP contribution in [0.2, 0.25) is 0 Å². The molecule has 1 heterocycles. The van der Waals surface area contributed by atoms with Crippen LogP contribution in [0.15, 0.2) is 28.8 Å². The number of benzene rings is 1. The summed E-state index contributed by atoms with van der Waals surface area (Å²) >= 11 is 3.45. The molecular weight excluding hydrogens is 322 g/mol. The molecule has 0 fully saturated rings. The normalized spacial score (nSPS) is 19.9. The zero-order chi connectivity index (χ0) is 13.9. The number of halogens is 1. The third-order valence-electron chi connectivity index (χ3n) is 3.47. The molecule has 0 radical (unpaired) electrons. The van der Waals surface area contributed by atoms with Crippen molar-refractivity contribution in [2.45, 2.75) is 19.3 Å². The van der Waals surface area contributed by atoms with Crippen molar-refractivity contribution in [3.8, 4) is 11.5 Å². The number of allylic oxidation sites excluding steroid dienone is 2. The topological polar surface area (TPSA) is 47.6 Å². The monoisotopic (exact) mass is 337 g/mol. The first kappa shape index (κ1) is 13.5. The minimum Gasteiger partial charge on any atom is -0.486 e. The fourth-order valence-electron chi connectivity index (χ4n) is 2.46. The van der Waals surface area contributed by atoms with Crippen molar-refractivity contribution < 1.29 is 14.3 Å². The SMILES string of the molecule is O=C(C[C@@H]1C=CCC1)Nc1cc2c(cc1Br)OCCO2. The molecule has 2 aliphatic rings. The van der Waals surface area contributed by atoms with Crippen LogP contribution >= 0.6 is 15.9 Å². The highest BCUT2D eigenvalue weighted by molar-refractivity contribution is 9.10. The second-order valence-electron chi connectivity index (χ2n) is 4.99. The first-order valence-electron chi connectivity index (χ1n) is 6.78. The molecule has 1 aromatic rings. The van der Waals surface area contributed by atoms with E-state index in [0.717, 1.165) is 23.0 Å². The zero-order valence-electron chi connectivity index (χ0n) is 11.0. The highest BCUT2D eigenvalue weighted by Crippen LogP contribution is 2.38. The van der Waals surface area contributed by atoms with Crippen molar-refractivity contribution in [2.24, 2.45) is 5.92 Å². The van der Waals surface area contributed by atoms with E-state index in [0.29, 0.717) is 37.1 Å². The first-order valence-corrected chi connectivity index (χ1v) is 7.57. The summed E-state index contributed by atoms with van der Waals surface area (Å²) in [5.41, 5.74) is 0.723. The van der Waals surface area contributed by atoms with Gasteiger partial charge in [-0.15, -0.1) is 0 Å². The Balaban J connectivity index is 1.70. The quantitative estimate of drug-likeness (QED) is 0.858. The molecular formula is C15H16BrNO3. The van der Waals surface area contributed by atoms with E-state index in [-0.39, 0.29) is 5.91 Å². The van der Waals surface area contributed by atoms with E-state index in [1.807, 2.05) is 6.07 Å². The maximum atomic E-state index is 12.1. The smallest absolute Gasteiger partial charge is 0.224 e. The van der Waals surface area contributed by atoms with E-state index in [1.54, 1.807) is 6.07 Å². The standard InChI is InChI=1S/C15H16BrNO3/c16-11-8-13-14(20-6-5-19-13)9-12(11)17-15(18)7-10-3-1-2-4-10/h1,3,8-10H,2,4-7H2,(H,17,18)/t10-/m1/s1. The molecule has 0 aromatic heterocycles. The van der Waals surface area contributed by atoms with E-state index in [4.69, 9.17) is 9.47 Å². The van der Waals surface area contributed by atoms with E-state index < -0.39 is 0 Å². The van der Waals surface area contributed by atoms with Crippen molar-refractivity contribution in [2.75, 3.05) is 18.5 Å². The lowest BCUT2D eigenvalue weighted by Gasteiger charge is -2.20. The van der Waals surface area contributed by atoms with Crippen LogP contribution in [-0.2, 0) is 4.79 Å². The van der Waals surface area contributed by atoms with Gasteiger partial charge >= 0.3 is 0 Å². The molecule has 1 aromatic carbocycles. The molecule has 0 unspecified atom stereocenters. The van der Waals surface area contributed by atoms with Gasteiger partial charge in [0.1, 0.15) is 13.2 Å². The number of amides is 1. The molecule has 0 spiro atoms. The maximum Gasteiger partial charge on any atom is 0.224 e. The number of ether oxygens (including phenoxy) is 2. The Morgan fingerprint density at radius 1 is 1.30 bits per heavy atom. The largest absolute Gasteiger partial charge is 0.486 e. The number of hydrogen-bond acceptors (Lipinski definition) is 3. The van der Waals surface area contributed by atoms with Gasteiger partial charge in [0.05, 0.1) is 5.69 Å². The number of nitrogens with one attached hydrogen (secondary N) is 1. The molecule has 106 valence electrons. The lowest BCUT2D eigenvalue weighted by Crippen LogP contribution is -2.17. The minimum absolute atomic E-state index is 0.0268. The molecule has 0 bridgehead atoms. The highest BCUT2D eigenvalue weighted by atomic mass is 79.9. The van der Waals surface area contributed by atoms with E-state index >= 15 is 0 Å². The number of fused-ring (bicyclic) bond motifs is 1. The Morgan fingerprint density at radius 3 is 2.75 bits per heavy atom. The van der Waals surface area contributed by atoms with E-state index in [9.17, 15) is 4.79 Å². The molecule has 1 aliphatic heterocycles. The Labute approximate surface area is 126 Å². The van der Waals surface area contributed by atoms with Gasteiger partial charge in [0.25, 0.3) is 0 Å². The van der Waals surface area contributed by atoms with Gasteiger partial charge in [-0.2, -0.15) is 0 Å². The molecule has 0 saturated heterocycles. The molecule has 1 aliphatic carbocycles. The average molecular weight is 338 g/mol. The maximum absolute atomic E-state index is 12.1. The molecule has 4 nitrogen and oxygen atoms in total. The fourth-order valence-corrected chi connectivity index (χ4v) is 2.89. The molecule has 1 atom stereocenters. The third kappa shape index (κ3) is 2.98. The summed E-state index contributed by atoms with van der Waals surface area (Å²) in [5.74, 6) is 1.78. The number of hydrogen-bond donors (Lipinski definition) is 1. The van der Waals surface area contributed by atoms with Crippen LogP contribution in [0.1, 0.15) is 19.3 Å². The van der Waals surface area contributed by atoms with Crippen molar-refractivity contribution in [3.05, 3.63) is 28.8 Å². The van der Waals surface area contributed by atoms with E-state index in [2.05, 4.69) is 33.4 Å². The van der Waals surface area contributed by atoms with Gasteiger partial charge in [0.15, 0.2) is 11.5 Å². The lowest BCUT2D eigenvalue weighted by atomic mass is 10.1. The summed E-state index contributed by atoms with van der Waals surface area (Å²) in [6, 6.07) is 3.64. The molecule has 1 N–H and O–H groups in total. The average Bonchev–Trinajstić information content (AvgIpc) is 2.92. The summed E-state index contributed by atoms with van der Waals surface area (Å²) in [6.07, 6.45) is 6.93. The summed E-state index contributed by atoms with van der Waals surface area (Å²) in [6.45, 7) is 1.09. The number of carbonyl (C=O) groups is 1. The van der Waals surface area contributed by atoms with Crippen LogP contribution in [0.25, 0.3) is 0 Å². The summed E-state index contributed by atoms with van der Waals surface area (Å²) in [5, 5.41) is 2.93. The summed E-state index contributed by atoms with van der Waals surface area (Å²) in [7, 11) is 0. The zero-order valence-corrected chi connectivity index (χ0v) is 12.6. The highest BCUT2D eigenvalue weighted by Gasteiger charge is 2.18.